The van der Waals surface area contributed by atoms with Crippen LogP contribution in [0, 0.1) is 24.0 Å². The van der Waals surface area contributed by atoms with Crippen LogP contribution < -0.4 is 5.32 Å². The molecular formula is C15H17F2NO3. The summed E-state index contributed by atoms with van der Waals surface area (Å²) in [6.45, 7) is 1.64. The summed E-state index contributed by atoms with van der Waals surface area (Å²) < 4.78 is 26.8. The summed E-state index contributed by atoms with van der Waals surface area (Å²) in [6.07, 6.45) is 2.36. The monoisotopic (exact) mass is 297 g/mol. The molecule has 1 amide bonds. The van der Waals surface area contributed by atoms with E-state index in [0.29, 0.717) is 6.07 Å². The van der Waals surface area contributed by atoms with Crippen molar-refractivity contribution in [3.8, 4) is 0 Å². The highest BCUT2D eigenvalue weighted by atomic mass is 19.1. The van der Waals surface area contributed by atoms with Crippen molar-refractivity contribution in [1.82, 2.24) is 5.32 Å². The molecule has 4 nitrogen and oxygen atoms in total. The smallest absolute Gasteiger partial charge is 0.303 e. The summed E-state index contributed by atoms with van der Waals surface area (Å²) in [4.78, 5) is 22.8. The number of rotatable bonds is 5. The highest BCUT2D eigenvalue weighted by Crippen LogP contribution is 2.43. The molecule has 0 aliphatic heterocycles. The fourth-order valence-electron chi connectivity index (χ4n) is 2.61. The molecule has 1 saturated carbocycles. The Labute approximate surface area is 121 Å². The van der Waals surface area contributed by atoms with E-state index in [1.165, 1.54) is 6.92 Å². The lowest BCUT2D eigenvalue weighted by molar-refractivity contribution is -0.141. The van der Waals surface area contributed by atoms with Gasteiger partial charge in [0, 0.05) is 12.6 Å². The number of benzene rings is 1. The third-order valence-electron chi connectivity index (χ3n) is 4.06. The molecule has 1 aromatic carbocycles. The van der Waals surface area contributed by atoms with Crippen LogP contribution in [0.3, 0.4) is 0 Å². The third kappa shape index (κ3) is 3.37. The number of hydrogen-bond acceptors (Lipinski definition) is 2. The van der Waals surface area contributed by atoms with Gasteiger partial charge in [-0.25, -0.2) is 8.78 Å². The van der Waals surface area contributed by atoms with Gasteiger partial charge < -0.3 is 10.4 Å². The maximum Gasteiger partial charge on any atom is 0.303 e. The number of carbonyl (C=O) groups excluding carboxylic acids is 1. The minimum Gasteiger partial charge on any atom is -0.481 e. The van der Waals surface area contributed by atoms with Gasteiger partial charge in [0.05, 0.1) is 12.0 Å². The van der Waals surface area contributed by atoms with Gasteiger partial charge in [-0.2, -0.15) is 0 Å². The Kier molecular flexibility index (Phi) is 4.25. The molecule has 2 rings (SSSR count). The Balaban J connectivity index is 2.05. The lowest BCUT2D eigenvalue weighted by Crippen LogP contribution is -2.43. The first-order valence-corrected chi connectivity index (χ1v) is 6.79. The number of carboxylic acids is 1. The molecule has 2 N–H and O–H groups in total. The average molecular weight is 297 g/mol. The van der Waals surface area contributed by atoms with Crippen LogP contribution in [0.4, 0.5) is 8.78 Å². The normalized spacial score (nSPS) is 16.1. The summed E-state index contributed by atoms with van der Waals surface area (Å²) >= 11 is 0. The first kappa shape index (κ1) is 15.4. The number of carboxylic acid groups (broad SMARTS) is 1. The van der Waals surface area contributed by atoms with Crippen LogP contribution in [0.25, 0.3) is 0 Å². The molecule has 21 heavy (non-hydrogen) atoms. The molecule has 114 valence electrons. The Morgan fingerprint density at radius 3 is 2.48 bits per heavy atom. The summed E-state index contributed by atoms with van der Waals surface area (Å²) in [7, 11) is 0. The number of aryl methyl sites for hydroxylation is 1. The summed E-state index contributed by atoms with van der Waals surface area (Å²) in [5.74, 6) is -3.18. The van der Waals surface area contributed by atoms with Gasteiger partial charge >= 0.3 is 5.97 Å². The van der Waals surface area contributed by atoms with Gasteiger partial charge in [0.1, 0.15) is 11.6 Å². The molecule has 1 fully saturated rings. The molecule has 0 atom stereocenters. The van der Waals surface area contributed by atoms with Crippen molar-refractivity contribution in [3.05, 3.63) is 34.9 Å². The molecule has 0 saturated heterocycles. The molecule has 1 aliphatic carbocycles. The molecule has 1 aromatic rings. The minimum absolute atomic E-state index is 0.0157. The van der Waals surface area contributed by atoms with Crippen LogP contribution in [0.5, 0.6) is 0 Å². The zero-order chi connectivity index (χ0) is 15.6. The Morgan fingerprint density at radius 2 is 1.95 bits per heavy atom. The summed E-state index contributed by atoms with van der Waals surface area (Å²) in [5.41, 5.74) is -0.475. The maximum atomic E-state index is 13.6. The standard InChI is InChI=1S/C15H17F2NO3/c1-9-5-10(12(17)6-11(9)16)14(21)18-8-15(3-2-4-15)7-13(19)20/h5-6H,2-4,7-8H2,1H3,(H,18,21)(H,19,20). The maximum absolute atomic E-state index is 13.6. The first-order valence-electron chi connectivity index (χ1n) is 6.79. The fraction of sp³-hybridized carbons (Fsp3) is 0.467. The fourth-order valence-corrected chi connectivity index (χ4v) is 2.61. The van der Waals surface area contributed by atoms with Crippen LogP contribution in [0.2, 0.25) is 0 Å². The van der Waals surface area contributed by atoms with Crippen molar-refractivity contribution >= 4 is 11.9 Å². The van der Waals surface area contributed by atoms with E-state index in [1.54, 1.807) is 0 Å². The van der Waals surface area contributed by atoms with Crippen LogP contribution in [0.15, 0.2) is 12.1 Å². The van der Waals surface area contributed by atoms with Gasteiger partial charge in [0.2, 0.25) is 0 Å². The number of aliphatic carboxylic acids is 1. The van der Waals surface area contributed by atoms with Gasteiger partial charge in [0.15, 0.2) is 0 Å². The van der Waals surface area contributed by atoms with Gasteiger partial charge in [-0.1, -0.05) is 6.42 Å². The van der Waals surface area contributed by atoms with Gasteiger partial charge in [-0.05, 0) is 36.8 Å². The first-order chi connectivity index (χ1) is 9.83. The quantitative estimate of drug-likeness (QED) is 0.878. The number of nitrogens with one attached hydrogen (secondary N) is 1. The molecule has 0 bridgehead atoms. The number of carbonyl (C=O) groups is 2. The number of halogens is 2. The van der Waals surface area contributed by atoms with E-state index in [9.17, 15) is 18.4 Å². The summed E-state index contributed by atoms with van der Waals surface area (Å²) in [5, 5.41) is 11.5. The average Bonchev–Trinajstić information content (AvgIpc) is 2.36. The number of hydrogen-bond donors (Lipinski definition) is 2. The second-order valence-corrected chi connectivity index (χ2v) is 5.69. The van der Waals surface area contributed by atoms with Crippen molar-refractivity contribution in [2.75, 3.05) is 6.54 Å². The molecule has 1 aliphatic rings. The lowest BCUT2D eigenvalue weighted by Gasteiger charge is -2.40. The van der Waals surface area contributed by atoms with E-state index < -0.39 is 28.9 Å². The summed E-state index contributed by atoms with van der Waals surface area (Å²) in [6, 6.07) is 1.84. The predicted molar refractivity (Wildman–Crippen MR) is 72.0 cm³/mol. The van der Waals surface area contributed by atoms with Gasteiger partial charge in [-0.15, -0.1) is 0 Å². The van der Waals surface area contributed by atoms with E-state index in [-0.39, 0.29) is 24.1 Å². The van der Waals surface area contributed by atoms with Crippen LogP contribution in [-0.2, 0) is 4.79 Å². The van der Waals surface area contributed by atoms with Crippen molar-refractivity contribution in [3.63, 3.8) is 0 Å². The molecule has 6 heteroatoms. The molecule has 0 spiro atoms. The van der Waals surface area contributed by atoms with Crippen molar-refractivity contribution in [1.29, 1.82) is 0 Å². The Hall–Kier alpha value is -1.98. The topological polar surface area (TPSA) is 66.4 Å². The molecule has 0 radical (unpaired) electrons. The molecule has 0 heterocycles. The second kappa shape index (κ2) is 5.79. The van der Waals surface area contributed by atoms with E-state index in [2.05, 4.69) is 5.32 Å². The lowest BCUT2D eigenvalue weighted by atomic mass is 9.66. The zero-order valence-corrected chi connectivity index (χ0v) is 11.7. The van der Waals surface area contributed by atoms with E-state index in [4.69, 9.17) is 5.11 Å². The molecular weight excluding hydrogens is 280 g/mol. The predicted octanol–water partition coefficient (Wildman–Crippen LogP) is 2.65. The molecule has 0 unspecified atom stereocenters. The van der Waals surface area contributed by atoms with Crippen LogP contribution in [-0.4, -0.2) is 23.5 Å². The Bertz CT molecular complexity index is 583. The zero-order valence-electron chi connectivity index (χ0n) is 11.7. The van der Waals surface area contributed by atoms with Crippen molar-refractivity contribution < 1.29 is 23.5 Å². The number of amides is 1. The largest absolute Gasteiger partial charge is 0.481 e. The van der Waals surface area contributed by atoms with Crippen molar-refractivity contribution in [2.45, 2.75) is 32.6 Å². The van der Waals surface area contributed by atoms with Gasteiger partial charge in [0.25, 0.3) is 5.91 Å². The van der Waals surface area contributed by atoms with Crippen molar-refractivity contribution in [2.24, 2.45) is 5.41 Å². The van der Waals surface area contributed by atoms with Crippen LogP contribution in [0.1, 0.15) is 41.6 Å². The minimum atomic E-state index is -0.920. The molecule has 0 aromatic heterocycles. The van der Waals surface area contributed by atoms with E-state index >= 15 is 0 Å². The second-order valence-electron chi connectivity index (χ2n) is 5.69. The van der Waals surface area contributed by atoms with E-state index in [0.717, 1.165) is 25.3 Å². The van der Waals surface area contributed by atoms with Gasteiger partial charge in [-0.3, -0.25) is 9.59 Å². The van der Waals surface area contributed by atoms with Crippen LogP contribution >= 0.6 is 0 Å². The highest BCUT2D eigenvalue weighted by molar-refractivity contribution is 5.94. The third-order valence-corrected chi connectivity index (χ3v) is 4.06. The Morgan fingerprint density at radius 1 is 1.29 bits per heavy atom. The van der Waals surface area contributed by atoms with E-state index in [1.807, 2.05) is 0 Å². The SMILES string of the molecule is Cc1cc(C(=O)NCC2(CC(=O)O)CCC2)c(F)cc1F. The highest BCUT2D eigenvalue weighted by Gasteiger charge is 2.39.